The molecule has 2 aliphatic rings. The number of pyridine rings is 1. The lowest BCUT2D eigenvalue weighted by molar-refractivity contribution is -0.136. The summed E-state index contributed by atoms with van der Waals surface area (Å²) >= 11 is 0. The number of hydrogen-bond donors (Lipinski definition) is 2. The summed E-state index contributed by atoms with van der Waals surface area (Å²) in [4.78, 5) is 32.6. The number of amides is 2. The number of nitrogens with one attached hydrogen (secondary N) is 2. The van der Waals surface area contributed by atoms with Crippen LogP contribution < -0.4 is 5.32 Å². The van der Waals surface area contributed by atoms with Crippen LogP contribution in [0.4, 0.5) is 0 Å². The number of rotatable bonds is 3. The van der Waals surface area contributed by atoms with Crippen LogP contribution in [0.15, 0.2) is 29.4 Å². The zero-order chi connectivity index (χ0) is 18.3. The highest BCUT2D eigenvalue weighted by atomic mass is 32.2. The molecule has 4 heterocycles. The molecule has 0 radical (unpaired) electrons. The van der Waals surface area contributed by atoms with Gasteiger partial charge < -0.3 is 15.2 Å². The maximum atomic E-state index is 13.0. The second-order valence-corrected chi connectivity index (χ2v) is 8.39. The quantitative estimate of drug-likeness (QED) is 0.750. The van der Waals surface area contributed by atoms with Crippen molar-refractivity contribution in [3.05, 3.63) is 24.5 Å². The number of fused-ring (bicyclic) bond motifs is 1. The summed E-state index contributed by atoms with van der Waals surface area (Å²) in [7, 11) is -3.66. The molecule has 2 fully saturated rings. The van der Waals surface area contributed by atoms with Crippen molar-refractivity contribution in [2.75, 3.05) is 32.7 Å². The summed E-state index contributed by atoms with van der Waals surface area (Å²) in [5.41, 5.74) is 0.526. The number of sulfonamides is 1. The monoisotopic (exact) mass is 377 g/mol. The van der Waals surface area contributed by atoms with Gasteiger partial charge in [-0.25, -0.2) is 13.4 Å². The zero-order valence-corrected chi connectivity index (χ0v) is 14.8. The van der Waals surface area contributed by atoms with Crippen LogP contribution in [0.1, 0.15) is 6.42 Å². The topological polar surface area (TPSA) is 115 Å². The molecule has 9 nitrogen and oxygen atoms in total. The van der Waals surface area contributed by atoms with Gasteiger partial charge in [0, 0.05) is 56.9 Å². The summed E-state index contributed by atoms with van der Waals surface area (Å²) in [6.45, 7) is 1.47. The van der Waals surface area contributed by atoms with Crippen molar-refractivity contribution in [3.8, 4) is 0 Å². The van der Waals surface area contributed by atoms with Gasteiger partial charge in [0.05, 0.1) is 5.92 Å². The van der Waals surface area contributed by atoms with E-state index in [9.17, 15) is 18.0 Å². The van der Waals surface area contributed by atoms with Gasteiger partial charge in [-0.05, 0) is 12.1 Å². The van der Waals surface area contributed by atoms with Crippen LogP contribution >= 0.6 is 0 Å². The van der Waals surface area contributed by atoms with Gasteiger partial charge in [-0.3, -0.25) is 9.59 Å². The van der Waals surface area contributed by atoms with Gasteiger partial charge in [0.15, 0.2) is 0 Å². The Balaban J connectivity index is 1.47. The molecule has 138 valence electrons. The lowest BCUT2D eigenvalue weighted by Crippen LogP contribution is -2.52. The first kappa shape index (κ1) is 17.0. The highest BCUT2D eigenvalue weighted by Crippen LogP contribution is 2.25. The molecule has 2 aromatic heterocycles. The number of hydrogen-bond acceptors (Lipinski definition) is 5. The first-order valence-electron chi connectivity index (χ1n) is 8.44. The second kappa shape index (κ2) is 6.36. The Kier molecular flexibility index (Phi) is 4.16. The van der Waals surface area contributed by atoms with Crippen molar-refractivity contribution in [1.29, 1.82) is 0 Å². The van der Waals surface area contributed by atoms with Crippen LogP contribution in [0.3, 0.4) is 0 Å². The average molecular weight is 377 g/mol. The molecule has 2 N–H and O–H groups in total. The first-order chi connectivity index (χ1) is 12.5. The van der Waals surface area contributed by atoms with Crippen LogP contribution in [0.2, 0.25) is 0 Å². The Morgan fingerprint density at radius 1 is 1.23 bits per heavy atom. The lowest BCUT2D eigenvalue weighted by atomic mass is 10.1. The molecule has 2 aromatic rings. The fourth-order valence-electron chi connectivity index (χ4n) is 3.47. The number of piperazine rings is 1. The van der Waals surface area contributed by atoms with E-state index in [1.165, 1.54) is 10.5 Å². The van der Waals surface area contributed by atoms with E-state index in [2.05, 4.69) is 15.3 Å². The maximum Gasteiger partial charge on any atom is 0.245 e. The van der Waals surface area contributed by atoms with Crippen molar-refractivity contribution in [2.24, 2.45) is 5.92 Å². The van der Waals surface area contributed by atoms with E-state index in [1.54, 1.807) is 23.2 Å². The van der Waals surface area contributed by atoms with Crippen molar-refractivity contribution in [3.63, 3.8) is 0 Å². The predicted octanol–water partition coefficient (Wildman–Crippen LogP) is -0.468. The molecule has 1 atom stereocenters. The van der Waals surface area contributed by atoms with Crippen LogP contribution in [-0.4, -0.2) is 72.1 Å². The largest absolute Gasteiger partial charge is 0.355 e. The van der Waals surface area contributed by atoms with Gasteiger partial charge in [-0.2, -0.15) is 4.31 Å². The van der Waals surface area contributed by atoms with Crippen molar-refractivity contribution < 1.29 is 18.0 Å². The Morgan fingerprint density at radius 3 is 2.69 bits per heavy atom. The highest BCUT2D eigenvalue weighted by molar-refractivity contribution is 7.89. The van der Waals surface area contributed by atoms with E-state index in [4.69, 9.17) is 0 Å². The van der Waals surface area contributed by atoms with Gasteiger partial charge >= 0.3 is 0 Å². The van der Waals surface area contributed by atoms with Gasteiger partial charge in [-0.15, -0.1) is 0 Å². The molecule has 10 heteroatoms. The smallest absolute Gasteiger partial charge is 0.245 e. The molecular formula is C16H19N5O4S. The Bertz CT molecular complexity index is 962. The normalized spacial score (nSPS) is 21.9. The van der Waals surface area contributed by atoms with Crippen molar-refractivity contribution >= 4 is 32.9 Å². The fourth-order valence-corrected chi connectivity index (χ4v) is 5.04. The Hall–Kier alpha value is -2.46. The summed E-state index contributed by atoms with van der Waals surface area (Å²) < 4.78 is 27.3. The number of carbonyl (C=O) groups excluding carboxylic acids is 2. The number of aromatic amines is 1. The minimum Gasteiger partial charge on any atom is -0.355 e. The summed E-state index contributed by atoms with van der Waals surface area (Å²) in [5, 5.41) is 3.21. The maximum absolute atomic E-state index is 13.0. The van der Waals surface area contributed by atoms with E-state index in [-0.39, 0.29) is 42.1 Å². The molecule has 1 unspecified atom stereocenters. The van der Waals surface area contributed by atoms with Gasteiger partial charge in [0.2, 0.25) is 21.8 Å². The third kappa shape index (κ3) is 2.84. The number of carbonyl (C=O) groups is 2. The third-order valence-electron chi connectivity index (χ3n) is 4.91. The van der Waals surface area contributed by atoms with E-state index in [1.807, 2.05) is 0 Å². The first-order valence-corrected chi connectivity index (χ1v) is 9.88. The summed E-state index contributed by atoms with van der Waals surface area (Å²) in [6, 6.07) is 3.42. The van der Waals surface area contributed by atoms with Crippen LogP contribution in [-0.2, 0) is 19.6 Å². The molecule has 0 aliphatic carbocycles. The van der Waals surface area contributed by atoms with Crippen LogP contribution in [0, 0.1) is 5.92 Å². The Labute approximate surface area is 150 Å². The standard InChI is InChI=1S/C16H19N5O4S/c22-14-8-11(9-18-14)16(23)20-4-6-21(7-5-20)26(24,25)13-10-19-15-12(13)2-1-3-17-15/h1-3,10-11H,4-9H2,(H,17,19)(H,18,22). The minimum absolute atomic E-state index is 0.0864. The SMILES string of the molecule is O=C1CC(C(=O)N2CCN(S(=O)(=O)c3c[nH]c4ncccc34)CC2)CN1. The van der Waals surface area contributed by atoms with Crippen molar-refractivity contribution in [2.45, 2.75) is 11.3 Å². The Morgan fingerprint density at radius 2 is 2.00 bits per heavy atom. The van der Waals surface area contributed by atoms with Gasteiger partial charge in [-0.1, -0.05) is 0 Å². The van der Waals surface area contributed by atoms with E-state index < -0.39 is 10.0 Å². The summed E-state index contributed by atoms with van der Waals surface area (Å²) in [6.07, 6.45) is 3.27. The molecule has 0 spiro atoms. The minimum atomic E-state index is -3.66. The number of H-pyrrole nitrogens is 1. The third-order valence-corrected chi connectivity index (χ3v) is 6.85. The second-order valence-electron chi connectivity index (χ2n) is 6.49. The molecule has 0 saturated carbocycles. The fraction of sp³-hybridized carbons (Fsp3) is 0.438. The molecule has 0 bridgehead atoms. The summed E-state index contributed by atoms with van der Waals surface area (Å²) in [5.74, 6) is -0.542. The molecule has 2 aliphatic heterocycles. The highest BCUT2D eigenvalue weighted by Gasteiger charge is 2.36. The number of nitrogens with zero attached hydrogens (tertiary/aromatic N) is 3. The van der Waals surface area contributed by atoms with Crippen LogP contribution in [0.5, 0.6) is 0 Å². The zero-order valence-electron chi connectivity index (χ0n) is 14.0. The van der Waals surface area contributed by atoms with E-state index >= 15 is 0 Å². The average Bonchev–Trinajstić information content (AvgIpc) is 3.28. The van der Waals surface area contributed by atoms with Crippen molar-refractivity contribution in [1.82, 2.24) is 24.5 Å². The molecule has 2 amide bonds. The molecule has 0 aromatic carbocycles. The lowest BCUT2D eigenvalue weighted by Gasteiger charge is -2.35. The molecular weight excluding hydrogens is 358 g/mol. The number of aromatic nitrogens is 2. The molecule has 26 heavy (non-hydrogen) atoms. The van der Waals surface area contributed by atoms with E-state index in [0.29, 0.717) is 30.7 Å². The van der Waals surface area contributed by atoms with Gasteiger partial charge in [0.25, 0.3) is 0 Å². The van der Waals surface area contributed by atoms with Crippen LogP contribution in [0.25, 0.3) is 11.0 Å². The van der Waals surface area contributed by atoms with E-state index in [0.717, 1.165) is 0 Å². The van der Waals surface area contributed by atoms with Gasteiger partial charge in [0.1, 0.15) is 10.5 Å². The predicted molar refractivity (Wildman–Crippen MR) is 92.5 cm³/mol. The molecule has 4 rings (SSSR count). The molecule has 2 saturated heterocycles.